The monoisotopic (exact) mass is 416 g/mol. The number of rotatable bonds is 7. The van der Waals surface area contributed by atoms with Crippen LogP contribution in [0.3, 0.4) is 0 Å². The van der Waals surface area contributed by atoms with E-state index in [1.165, 1.54) is 17.0 Å². The molecule has 1 aliphatic rings. The molecule has 0 saturated carbocycles. The number of carbonyl (C=O) groups excluding carboxylic acids is 2. The van der Waals surface area contributed by atoms with E-state index in [9.17, 15) is 14.0 Å². The van der Waals surface area contributed by atoms with Crippen LogP contribution in [0, 0.1) is 5.82 Å². The van der Waals surface area contributed by atoms with E-state index in [-0.39, 0.29) is 24.1 Å². The summed E-state index contributed by atoms with van der Waals surface area (Å²) in [4.78, 5) is 26.4. The van der Waals surface area contributed by atoms with Crippen LogP contribution in [-0.4, -0.2) is 24.4 Å². The van der Waals surface area contributed by atoms with Crippen molar-refractivity contribution in [2.75, 3.05) is 11.4 Å². The Kier molecular flexibility index (Phi) is 6.24. The molecule has 6 nitrogen and oxygen atoms in total. The molecule has 1 saturated heterocycles. The summed E-state index contributed by atoms with van der Waals surface area (Å²) in [6.45, 7) is 0.472. The number of azo groups is 1. The number of benzene rings is 3. The molecule has 156 valence electrons. The number of nitrogens with zero attached hydrogens (tertiary/aromatic N) is 3. The Bertz CT molecular complexity index is 1100. The van der Waals surface area contributed by atoms with Crippen LogP contribution in [0.1, 0.15) is 12.0 Å². The molecule has 0 aromatic heterocycles. The van der Waals surface area contributed by atoms with Gasteiger partial charge in [-0.25, -0.2) is 9.29 Å². The average Bonchev–Trinajstić information content (AvgIpc) is 3.06. The smallest absolute Gasteiger partial charge is 0.251 e. The molecule has 1 aliphatic heterocycles. The van der Waals surface area contributed by atoms with Crippen molar-refractivity contribution in [1.29, 1.82) is 0 Å². The Morgan fingerprint density at radius 3 is 2.32 bits per heavy atom. The first kappa shape index (κ1) is 20.6. The number of carbonyl (C=O) groups is 2. The van der Waals surface area contributed by atoms with Crippen LogP contribution in [0.2, 0.25) is 0 Å². The molecule has 1 atom stereocenters. The first-order valence-electron chi connectivity index (χ1n) is 10.0. The second-order valence-corrected chi connectivity index (χ2v) is 7.21. The van der Waals surface area contributed by atoms with E-state index in [2.05, 4.69) is 15.5 Å². The highest BCUT2D eigenvalue weighted by Crippen LogP contribution is 2.26. The Morgan fingerprint density at radius 1 is 0.903 bits per heavy atom. The predicted octanol–water partition coefficient (Wildman–Crippen LogP) is 4.71. The zero-order valence-electron chi connectivity index (χ0n) is 16.7. The minimum atomic E-state index is -0.585. The SMILES string of the molecule is O=C1C[C@@H](NCCc2cccc(F)c2)C(=O)N1c1ccc(N=Nc2ccccc2)cc1. The topological polar surface area (TPSA) is 74.1 Å². The molecular weight excluding hydrogens is 395 g/mol. The Hall–Kier alpha value is -3.71. The molecule has 0 spiro atoms. The van der Waals surface area contributed by atoms with Crippen LogP contribution in [0.5, 0.6) is 0 Å². The molecule has 0 bridgehead atoms. The van der Waals surface area contributed by atoms with E-state index >= 15 is 0 Å². The standard InChI is InChI=1S/C24H21FN4O2/c25-18-6-4-5-17(15-18)13-14-26-22-16-23(30)29(24(22)31)21-11-9-20(10-12-21)28-27-19-7-2-1-3-8-19/h1-12,15,22,26H,13-14,16H2/t22-/m1/s1. The van der Waals surface area contributed by atoms with Crippen molar-refractivity contribution in [3.8, 4) is 0 Å². The maximum atomic E-state index is 13.3. The Balaban J connectivity index is 1.36. The number of nitrogens with one attached hydrogen (secondary N) is 1. The molecule has 31 heavy (non-hydrogen) atoms. The predicted molar refractivity (Wildman–Crippen MR) is 116 cm³/mol. The lowest BCUT2D eigenvalue weighted by Gasteiger charge is -2.15. The highest BCUT2D eigenvalue weighted by Gasteiger charge is 2.39. The van der Waals surface area contributed by atoms with Gasteiger partial charge in [0.2, 0.25) is 5.91 Å². The Morgan fingerprint density at radius 2 is 1.61 bits per heavy atom. The molecule has 1 N–H and O–H groups in total. The van der Waals surface area contributed by atoms with Crippen LogP contribution in [0.15, 0.2) is 89.1 Å². The molecule has 3 aromatic rings. The second-order valence-electron chi connectivity index (χ2n) is 7.21. The Labute approximate surface area is 179 Å². The summed E-state index contributed by atoms with van der Waals surface area (Å²) < 4.78 is 13.3. The van der Waals surface area contributed by atoms with E-state index in [0.717, 1.165) is 11.3 Å². The molecule has 7 heteroatoms. The zero-order chi connectivity index (χ0) is 21.6. The van der Waals surface area contributed by atoms with Gasteiger partial charge < -0.3 is 5.32 Å². The number of imide groups is 1. The third-order valence-corrected chi connectivity index (χ3v) is 4.99. The van der Waals surface area contributed by atoms with Gasteiger partial charge >= 0.3 is 0 Å². The number of hydrogen-bond donors (Lipinski definition) is 1. The van der Waals surface area contributed by atoms with E-state index in [1.807, 2.05) is 36.4 Å². The summed E-state index contributed by atoms with van der Waals surface area (Å²) in [5.74, 6) is -0.836. The first-order chi connectivity index (χ1) is 15.1. The fourth-order valence-corrected chi connectivity index (χ4v) is 3.42. The van der Waals surface area contributed by atoms with E-state index in [1.54, 1.807) is 30.3 Å². The van der Waals surface area contributed by atoms with Crippen LogP contribution in [0.4, 0.5) is 21.5 Å². The average molecular weight is 416 g/mol. The quantitative estimate of drug-likeness (QED) is 0.448. The van der Waals surface area contributed by atoms with E-state index in [0.29, 0.717) is 24.3 Å². The largest absolute Gasteiger partial charge is 0.305 e. The molecule has 1 heterocycles. The van der Waals surface area contributed by atoms with Crippen molar-refractivity contribution in [2.45, 2.75) is 18.9 Å². The molecule has 4 rings (SSSR count). The molecule has 3 aromatic carbocycles. The van der Waals surface area contributed by atoms with Crippen LogP contribution < -0.4 is 10.2 Å². The molecule has 2 amide bonds. The minimum Gasteiger partial charge on any atom is -0.305 e. The van der Waals surface area contributed by atoms with Gasteiger partial charge in [-0.15, -0.1) is 0 Å². The van der Waals surface area contributed by atoms with Crippen molar-refractivity contribution >= 4 is 28.9 Å². The van der Waals surface area contributed by atoms with Gasteiger partial charge in [-0.2, -0.15) is 10.2 Å². The lowest BCUT2D eigenvalue weighted by Crippen LogP contribution is -2.39. The maximum Gasteiger partial charge on any atom is 0.251 e. The maximum absolute atomic E-state index is 13.3. The fourth-order valence-electron chi connectivity index (χ4n) is 3.42. The van der Waals surface area contributed by atoms with Gasteiger partial charge in [-0.05, 0) is 67.1 Å². The summed E-state index contributed by atoms with van der Waals surface area (Å²) in [6.07, 6.45) is 0.661. The van der Waals surface area contributed by atoms with E-state index in [4.69, 9.17) is 0 Å². The first-order valence-corrected chi connectivity index (χ1v) is 10.0. The summed E-state index contributed by atoms with van der Waals surface area (Å²) in [5.41, 5.74) is 2.70. The van der Waals surface area contributed by atoms with Crippen molar-refractivity contribution in [1.82, 2.24) is 5.32 Å². The molecular formula is C24H21FN4O2. The number of halogens is 1. The van der Waals surface area contributed by atoms with Crippen LogP contribution in [-0.2, 0) is 16.0 Å². The van der Waals surface area contributed by atoms with Gasteiger partial charge in [0.25, 0.3) is 5.91 Å². The number of hydrogen-bond acceptors (Lipinski definition) is 5. The highest BCUT2D eigenvalue weighted by molar-refractivity contribution is 6.22. The highest BCUT2D eigenvalue weighted by atomic mass is 19.1. The summed E-state index contributed by atoms with van der Waals surface area (Å²) >= 11 is 0. The fraction of sp³-hybridized carbons (Fsp3) is 0.167. The lowest BCUT2D eigenvalue weighted by molar-refractivity contribution is -0.121. The summed E-state index contributed by atoms with van der Waals surface area (Å²) in [6, 6.07) is 21.9. The van der Waals surface area contributed by atoms with Gasteiger partial charge in [0.05, 0.1) is 29.5 Å². The van der Waals surface area contributed by atoms with Gasteiger partial charge in [-0.3, -0.25) is 9.59 Å². The lowest BCUT2D eigenvalue weighted by atomic mass is 10.1. The van der Waals surface area contributed by atoms with Crippen molar-refractivity contribution in [2.24, 2.45) is 10.2 Å². The third kappa shape index (κ3) is 5.07. The van der Waals surface area contributed by atoms with Gasteiger partial charge in [0, 0.05) is 0 Å². The minimum absolute atomic E-state index is 0.0947. The molecule has 1 fully saturated rings. The van der Waals surface area contributed by atoms with Crippen LogP contribution in [0.25, 0.3) is 0 Å². The van der Waals surface area contributed by atoms with Gasteiger partial charge in [-0.1, -0.05) is 30.3 Å². The van der Waals surface area contributed by atoms with Crippen molar-refractivity contribution < 1.29 is 14.0 Å². The second kappa shape index (κ2) is 9.40. The zero-order valence-corrected chi connectivity index (χ0v) is 16.7. The molecule has 0 aliphatic carbocycles. The molecule has 0 radical (unpaired) electrons. The van der Waals surface area contributed by atoms with Crippen molar-refractivity contribution in [3.63, 3.8) is 0 Å². The number of anilines is 1. The van der Waals surface area contributed by atoms with E-state index < -0.39 is 6.04 Å². The molecule has 0 unspecified atom stereocenters. The van der Waals surface area contributed by atoms with Crippen molar-refractivity contribution in [3.05, 3.63) is 90.2 Å². The van der Waals surface area contributed by atoms with Gasteiger partial charge in [0.15, 0.2) is 0 Å². The summed E-state index contributed by atoms with van der Waals surface area (Å²) in [7, 11) is 0. The normalized spacial score (nSPS) is 16.4. The van der Waals surface area contributed by atoms with Crippen LogP contribution >= 0.6 is 0 Å². The third-order valence-electron chi connectivity index (χ3n) is 4.99. The van der Waals surface area contributed by atoms with Gasteiger partial charge in [0.1, 0.15) is 5.82 Å². The number of amides is 2. The summed E-state index contributed by atoms with van der Waals surface area (Å²) in [5, 5.41) is 11.4.